The van der Waals surface area contributed by atoms with Crippen LogP contribution in [-0.2, 0) is 19.6 Å². The Bertz CT molecular complexity index is 1020. The third kappa shape index (κ3) is 4.96. The van der Waals surface area contributed by atoms with Gasteiger partial charge >= 0.3 is 5.97 Å². The highest BCUT2D eigenvalue weighted by Crippen LogP contribution is 2.36. The second kappa shape index (κ2) is 8.11. The number of hydrogen-bond acceptors (Lipinski definition) is 6. The Hall–Kier alpha value is -2.72. The molecule has 1 amide bonds. The van der Waals surface area contributed by atoms with Crippen molar-refractivity contribution in [2.75, 3.05) is 11.0 Å². The number of sulfonamides is 1. The summed E-state index contributed by atoms with van der Waals surface area (Å²) in [7, 11) is -3.41. The second-order valence-corrected chi connectivity index (χ2v) is 9.10. The minimum absolute atomic E-state index is 0.135. The topological polar surface area (TPSA) is 116 Å². The Kier molecular flexibility index (Phi) is 5.80. The summed E-state index contributed by atoms with van der Waals surface area (Å²) in [5, 5.41) is 16.6. The van der Waals surface area contributed by atoms with Crippen molar-refractivity contribution in [3.05, 3.63) is 52.2 Å². The monoisotopic (exact) mass is 421 g/mol. The number of anilines is 1. The number of carboxylic acid groups (broad SMARTS) is 1. The van der Waals surface area contributed by atoms with E-state index in [1.807, 2.05) is 17.5 Å². The van der Waals surface area contributed by atoms with Gasteiger partial charge in [0, 0.05) is 23.4 Å². The van der Waals surface area contributed by atoms with E-state index in [0.29, 0.717) is 23.4 Å². The summed E-state index contributed by atoms with van der Waals surface area (Å²) in [6, 6.07) is 10.3. The third-order valence-electron chi connectivity index (χ3n) is 4.09. The number of carbonyl (C=O) groups excluding carboxylic acids is 1. The highest BCUT2D eigenvalue weighted by molar-refractivity contribution is 7.92. The number of rotatable bonds is 7. The molecule has 148 valence electrons. The molecule has 0 unspecified atom stereocenters. The maximum atomic E-state index is 12.6. The van der Waals surface area contributed by atoms with Crippen LogP contribution in [0, 0.1) is 0 Å². The fraction of sp³-hybridized carbons (Fsp3) is 0.278. The molecule has 0 bridgehead atoms. The summed E-state index contributed by atoms with van der Waals surface area (Å²) in [6.45, 7) is 0. The van der Waals surface area contributed by atoms with E-state index in [0.717, 1.165) is 11.1 Å². The predicted molar refractivity (Wildman–Crippen MR) is 107 cm³/mol. The predicted octanol–water partition coefficient (Wildman–Crippen LogP) is 2.66. The first-order valence-corrected chi connectivity index (χ1v) is 11.2. The lowest BCUT2D eigenvalue weighted by Crippen LogP contribution is -2.26. The third-order valence-corrected chi connectivity index (χ3v) is 5.67. The summed E-state index contributed by atoms with van der Waals surface area (Å²) in [5.74, 6) is -1.40. The molecule has 0 saturated heterocycles. The summed E-state index contributed by atoms with van der Waals surface area (Å²) >= 11 is 1.50. The molecule has 28 heavy (non-hydrogen) atoms. The Morgan fingerprint density at radius 1 is 1.29 bits per heavy atom. The summed E-state index contributed by atoms with van der Waals surface area (Å²) in [6.07, 6.45) is 1.14. The van der Waals surface area contributed by atoms with Crippen LogP contribution in [0.2, 0.25) is 0 Å². The molecular weight excluding hydrogens is 402 g/mol. The van der Waals surface area contributed by atoms with Crippen LogP contribution in [0.15, 0.2) is 46.9 Å². The number of thiophene rings is 1. The smallest absolute Gasteiger partial charge is 0.303 e. The fourth-order valence-corrected chi connectivity index (χ4v) is 4.29. The van der Waals surface area contributed by atoms with Gasteiger partial charge < -0.3 is 5.11 Å². The van der Waals surface area contributed by atoms with E-state index in [1.165, 1.54) is 16.3 Å². The van der Waals surface area contributed by atoms with E-state index in [4.69, 9.17) is 5.11 Å². The van der Waals surface area contributed by atoms with Crippen molar-refractivity contribution >= 4 is 44.6 Å². The molecule has 0 spiro atoms. The molecule has 1 aromatic carbocycles. The van der Waals surface area contributed by atoms with Gasteiger partial charge in [-0.2, -0.15) is 5.10 Å². The number of hydrogen-bond donors (Lipinski definition) is 2. The molecule has 10 heteroatoms. The van der Waals surface area contributed by atoms with Crippen LogP contribution in [-0.4, -0.2) is 42.4 Å². The fourth-order valence-electron chi connectivity index (χ4n) is 2.92. The molecule has 1 aliphatic rings. The van der Waals surface area contributed by atoms with Crippen molar-refractivity contribution in [1.29, 1.82) is 0 Å². The largest absolute Gasteiger partial charge is 0.481 e. The average Bonchev–Trinajstić information content (AvgIpc) is 3.27. The van der Waals surface area contributed by atoms with Crippen LogP contribution in [0.3, 0.4) is 0 Å². The van der Waals surface area contributed by atoms with Gasteiger partial charge in [0.2, 0.25) is 15.9 Å². The standard InChI is InChI=1S/C18H19N3O5S2/c1-28(25,26)20-13-5-2-4-12(10-13)14-11-15(16-6-3-9-27-16)21(19-14)17(22)7-8-18(23)24/h2-6,9-10,15,20H,7-8,11H2,1H3,(H,23,24)/t15-/m0/s1. The molecule has 0 aliphatic carbocycles. The van der Waals surface area contributed by atoms with Crippen molar-refractivity contribution in [3.63, 3.8) is 0 Å². The number of carboxylic acids is 1. The summed E-state index contributed by atoms with van der Waals surface area (Å²) in [5.41, 5.74) is 1.74. The zero-order chi connectivity index (χ0) is 20.3. The zero-order valence-electron chi connectivity index (χ0n) is 15.0. The maximum Gasteiger partial charge on any atom is 0.303 e. The molecule has 1 aromatic heterocycles. The number of amides is 1. The van der Waals surface area contributed by atoms with E-state index in [2.05, 4.69) is 9.82 Å². The van der Waals surface area contributed by atoms with Gasteiger partial charge in [-0.15, -0.1) is 11.3 Å². The lowest BCUT2D eigenvalue weighted by molar-refractivity contribution is -0.141. The van der Waals surface area contributed by atoms with Crippen LogP contribution in [0.25, 0.3) is 0 Å². The maximum absolute atomic E-state index is 12.6. The highest BCUT2D eigenvalue weighted by atomic mass is 32.2. The number of nitrogens with one attached hydrogen (secondary N) is 1. The van der Waals surface area contributed by atoms with Crippen LogP contribution in [0.1, 0.15) is 35.7 Å². The molecule has 0 radical (unpaired) electrons. The van der Waals surface area contributed by atoms with E-state index in [9.17, 15) is 18.0 Å². The first kappa shape index (κ1) is 20.0. The first-order chi connectivity index (χ1) is 13.2. The lowest BCUT2D eigenvalue weighted by atomic mass is 10.0. The second-order valence-electron chi connectivity index (χ2n) is 6.37. The number of aliphatic carboxylic acids is 1. The van der Waals surface area contributed by atoms with Gasteiger partial charge in [-0.1, -0.05) is 18.2 Å². The Balaban J connectivity index is 1.89. The van der Waals surface area contributed by atoms with E-state index < -0.39 is 16.0 Å². The van der Waals surface area contributed by atoms with Crippen LogP contribution in [0.4, 0.5) is 5.69 Å². The van der Waals surface area contributed by atoms with Crippen molar-refractivity contribution in [2.45, 2.75) is 25.3 Å². The highest BCUT2D eigenvalue weighted by Gasteiger charge is 2.33. The average molecular weight is 422 g/mol. The minimum Gasteiger partial charge on any atom is -0.481 e. The van der Waals surface area contributed by atoms with Gasteiger partial charge in [0.1, 0.15) is 0 Å². The van der Waals surface area contributed by atoms with Crippen LogP contribution < -0.4 is 4.72 Å². The molecule has 8 nitrogen and oxygen atoms in total. The molecule has 2 aromatic rings. The summed E-state index contributed by atoms with van der Waals surface area (Å²) < 4.78 is 25.4. The van der Waals surface area contributed by atoms with Gasteiger partial charge in [-0.3, -0.25) is 14.3 Å². The van der Waals surface area contributed by atoms with Crippen LogP contribution in [0.5, 0.6) is 0 Å². The van der Waals surface area contributed by atoms with Gasteiger partial charge in [0.15, 0.2) is 0 Å². The van der Waals surface area contributed by atoms with Crippen molar-refractivity contribution in [3.8, 4) is 0 Å². The van der Waals surface area contributed by atoms with Gasteiger partial charge in [-0.25, -0.2) is 13.4 Å². The van der Waals surface area contributed by atoms with Crippen molar-refractivity contribution in [2.24, 2.45) is 5.10 Å². The Labute approximate surface area is 166 Å². The first-order valence-electron chi connectivity index (χ1n) is 8.46. The van der Waals surface area contributed by atoms with Gasteiger partial charge in [0.25, 0.3) is 0 Å². The van der Waals surface area contributed by atoms with E-state index in [-0.39, 0.29) is 24.8 Å². The Morgan fingerprint density at radius 2 is 2.07 bits per heavy atom. The number of carbonyl (C=O) groups is 2. The van der Waals surface area contributed by atoms with E-state index in [1.54, 1.807) is 24.3 Å². The quantitative estimate of drug-likeness (QED) is 0.713. The molecule has 0 saturated carbocycles. The minimum atomic E-state index is -3.41. The van der Waals surface area contributed by atoms with Crippen molar-refractivity contribution < 1.29 is 23.1 Å². The zero-order valence-corrected chi connectivity index (χ0v) is 16.7. The lowest BCUT2D eigenvalue weighted by Gasteiger charge is -2.20. The van der Waals surface area contributed by atoms with Gasteiger partial charge in [0.05, 0.1) is 24.4 Å². The van der Waals surface area contributed by atoms with Crippen LogP contribution >= 0.6 is 11.3 Å². The molecule has 3 rings (SSSR count). The Morgan fingerprint density at radius 3 is 2.71 bits per heavy atom. The molecule has 1 atom stereocenters. The molecule has 2 heterocycles. The molecule has 0 fully saturated rings. The number of hydrazone groups is 1. The summed E-state index contributed by atoms with van der Waals surface area (Å²) in [4.78, 5) is 24.3. The van der Waals surface area contributed by atoms with Gasteiger partial charge in [-0.05, 0) is 29.1 Å². The normalized spacial score (nSPS) is 16.7. The number of nitrogens with zero attached hydrogens (tertiary/aromatic N) is 2. The molecule has 1 aliphatic heterocycles. The van der Waals surface area contributed by atoms with E-state index >= 15 is 0 Å². The SMILES string of the molecule is CS(=O)(=O)Nc1cccc(C2=NN(C(=O)CCC(=O)O)[C@H](c3cccs3)C2)c1. The van der Waals surface area contributed by atoms with Crippen molar-refractivity contribution in [1.82, 2.24) is 5.01 Å². The number of benzene rings is 1. The molecule has 2 N–H and O–H groups in total. The molecular formula is C18H19N3O5S2.